The third-order valence-corrected chi connectivity index (χ3v) is 4.53. The molecular formula is C15H30N2O. The van der Waals surface area contributed by atoms with Crippen molar-refractivity contribution in [3.63, 3.8) is 0 Å². The molecule has 1 atom stereocenters. The molecule has 0 aromatic rings. The first-order valence-corrected chi connectivity index (χ1v) is 7.20. The van der Waals surface area contributed by atoms with Crippen LogP contribution in [0.4, 0.5) is 0 Å². The first-order chi connectivity index (χ1) is 8.37. The number of hydrogen-bond donors (Lipinski definition) is 0. The first-order valence-electron chi connectivity index (χ1n) is 7.20. The zero-order valence-corrected chi connectivity index (χ0v) is 12.8. The van der Waals surface area contributed by atoms with E-state index in [4.69, 9.17) is 0 Å². The van der Waals surface area contributed by atoms with Crippen molar-refractivity contribution in [2.75, 3.05) is 34.2 Å². The molecule has 0 amide bonds. The highest BCUT2D eigenvalue weighted by Gasteiger charge is 2.40. The number of likely N-dealkylation sites (N-methyl/N-ethyl adjacent to an activating group) is 2. The summed E-state index contributed by atoms with van der Waals surface area (Å²) in [5, 5.41) is 0. The number of nitrogens with zero attached hydrogens (tertiary/aromatic N) is 2. The summed E-state index contributed by atoms with van der Waals surface area (Å²) in [7, 11) is 6.51. The highest BCUT2D eigenvalue weighted by molar-refractivity contribution is 5.58. The Labute approximate surface area is 113 Å². The van der Waals surface area contributed by atoms with Crippen LogP contribution in [0.25, 0.3) is 0 Å². The van der Waals surface area contributed by atoms with Crippen LogP contribution in [0.5, 0.6) is 0 Å². The van der Waals surface area contributed by atoms with Gasteiger partial charge in [0.25, 0.3) is 0 Å². The number of rotatable bonds is 8. The smallest absolute Gasteiger partial charge is 0.127 e. The molecule has 1 unspecified atom stereocenters. The topological polar surface area (TPSA) is 23.6 Å². The fraction of sp³-hybridized carbons (Fsp3) is 0.933. The zero-order chi connectivity index (χ0) is 13.8. The van der Waals surface area contributed by atoms with Crippen LogP contribution in [0.1, 0.15) is 46.0 Å². The Hall–Kier alpha value is -0.410. The summed E-state index contributed by atoms with van der Waals surface area (Å²) in [6, 6.07) is 0. The SMILES string of the molecule is CCCC(C)(C=O)CN(C)CC1(N(C)C)CCC1. The van der Waals surface area contributed by atoms with Gasteiger partial charge < -0.3 is 14.6 Å². The molecular weight excluding hydrogens is 224 g/mol. The van der Waals surface area contributed by atoms with Crippen LogP contribution in [0.15, 0.2) is 0 Å². The van der Waals surface area contributed by atoms with Crippen molar-refractivity contribution in [2.45, 2.75) is 51.5 Å². The molecule has 0 aromatic carbocycles. The van der Waals surface area contributed by atoms with E-state index in [0.29, 0.717) is 5.54 Å². The van der Waals surface area contributed by atoms with Crippen LogP contribution < -0.4 is 0 Å². The molecule has 0 aromatic heterocycles. The van der Waals surface area contributed by atoms with Crippen molar-refractivity contribution in [1.82, 2.24) is 9.80 Å². The van der Waals surface area contributed by atoms with Crippen molar-refractivity contribution in [1.29, 1.82) is 0 Å². The maximum Gasteiger partial charge on any atom is 0.127 e. The molecule has 0 N–H and O–H groups in total. The number of carbonyl (C=O) groups excluding carboxylic acids is 1. The quantitative estimate of drug-likeness (QED) is 0.622. The normalized spacial score (nSPS) is 21.7. The van der Waals surface area contributed by atoms with Gasteiger partial charge in [-0.2, -0.15) is 0 Å². The number of hydrogen-bond acceptors (Lipinski definition) is 3. The van der Waals surface area contributed by atoms with Crippen LogP contribution in [0, 0.1) is 5.41 Å². The Morgan fingerprint density at radius 3 is 2.22 bits per heavy atom. The molecule has 1 rings (SSSR count). The Bertz CT molecular complexity index is 274. The third-order valence-electron chi connectivity index (χ3n) is 4.53. The van der Waals surface area contributed by atoms with E-state index in [1.165, 1.54) is 19.3 Å². The van der Waals surface area contributed by atoms with Crippen LogP contribution in [0.3, 0.4) is 0 Å². The Kier molecular flexibility index (Phi) is 5.35. The molecule has 3 nitrogen and oxygen atoms in total. The van der Waals surface area contributed by atoms with Crippen LogP contribution >= 0.6 is 0 Å². The fourth-order valence-electron chi connectivity index (χ4n) is 3.25. The molecule has 106 valence electrons. The Morgan fingerprint density at radius 1 is 1.28 bits per heavy atom. The van der Waals surface area contributed by atoms with Gasteiger partial charge in [-0.15, -0.1) is 0 Å². The summed E-state index contributed by atoms with van der Waals surface area (Å²) in [4.78, 5) is 16.0. The minimum Gasteiger partial charge on any atom is -0.304 e. The van der Waals surface area contributed by atoms with Crippen LogP contribution in [-0.2, 0) is 4.79 Å². The second-order valence-electron chi connectivity index (χ2n) is 6.67. The number of aldehydes is 1. The summed E-state index contributed by atoms with van der Waals surface area (Å²) in [5.41, 5.74) is 0.172. The van der Waals surface area contributed by atoms with Gasteiger partial charge in [-0.25, -0.2) is 0 Å². The van der Waals surface area contributed by atoms with E-state index in [0.717, 1.165) is 32.2 Å². The molecule has 0 saturated heterocycles. The third kappa shape index (κ3) is 3.55. The first kappa shape index (κ1) is 15.6. The lowest BCUT2D eigenvalue weighted by atomic mass is 9.75. The lowest BCUT2D eigenvalue weighted by Gasteiger charge is -2.50. The highest BCUT2D eigenvalue weighted by Crippen LogP contribution is 2.37. The predicted octanol–water partition coefficient (Wildman–Crippen LogP) is 2.41. The van der Waals surface area contributed by atoms with Crippen molar-refractivity contribution >= 4 is 6.29 Å². The van der Waals surface area contributed by atoms with E-state index >= 15 is 0 Å². The van der Waals surface area contributed by atoms with Gasteiger partial charge in [-0.1, -0.05) is 20.3 Å². The minimum atomic E-state index is -0.180. The highest BCUT2D eigenvalue weighted by atomic mass is 16.1. The van der Waals surface area contributed by atoms with Crippen molar-refractivity contribution in [3.8, 4) is 0 Å². The second-order valence-corrected chi connectivity index (χ2v) is 6.67. The maximum atomic E-state index is 11.3. The van der Waals surface area contributed by atoms with Gasteiger partial charge in [-0.3, -0.25) is 0 Å². The lowest BCUT2D eigenvalue weighted by molar-refractivity contribution is -0.117. The second kappa shape index (κ2) is 6.16. The molecule has 1 aliphatic carbocycles. The summed E-state index contributed by atoms with van der Waals surface area (Å²) in [5.74, 6) is 0. The van der Waals surface area contributed by atoms with Crippen molar-refractivity contribution in [2.24, 2.45) is 5.41 Å². The van der Waals surface area contributed by atoms with Crippen LogP contribution in [-0.4, -0.2) is 55.9 Å². The Balaban J connectivity index is 2.54. The molecule has 1 fully saturated rings. The van der Waals surface area contributed by atoms with E-state index in [2.05, 4.69) is 44.8 Å². The molecule has 0 bridgehead atoms. The molecule has 1 saturated carbocycles. The van der Waals surface area contributed by atoms with E-state index < -0.39 is 0 Å². The monoisotopic (exact) mass is 254 g/mol. The summed E-state index contributed by atoms with van der Waals surface area (Å²) < 4.78 is 0. The van der Waals surface area contributed by atoms with Gasteiger partial charge >= 0.3 is 0 Å². The zero-order valence-electron chi connectivity index (χ0n) is 12.8. The Morgan fingerprint density at radius 2 is 1.89 bits per heavy atom. The molecule has 0 aliphatic heterocycles. The molecule has 0 spiro atoms. The lowest BCUT2D eigenvalue weighted by Crippen LogP contribution is -2.57. The van der Waals surface area contributed by atoms with Gasteiger partial charge in [0.15, 0.2) is 0 Å². The fourth-order valence-corrected chi connectivity index (χ4v) is 3.25. The van der Waals surface area contributed by atoms with Gasteiger partial charge in [0.05, 0.1) is 0 Å². The number of carbonyl (C=O) groups is 1. The average molecular weight is 254 g/mol. The molecule has 0 radical (unpaired) electrons. The standard InChI is InChI=1S/C15H30N2O/c1-6-8-14(2,13-18)11-17(5)12-15(16(3)4)9-7-10-15/h13H,6-12H2,1-5H3. The van der Waals surface area contributed by atoms with E-state index in [-0.39, 0.29) is 5.41 Å². The van der Waals surface area contributed by atoms with E-state index in [1.54, 1.807) is 0 Å². The van der Waals surface area contributed by atoms with Crippen molar-refractivity contribution < 1.29 is 4.79 Å². The van der Waals surface area contributed by atoms with Gasteiger partial charge in [-0.05, 0) is 46.8 Å². The largest absolute Gasteiger partial charge is 0.304 e. The van der Waals surface area contributed by atoms with E-state index in [9.17, 15) is 4.79 Å². The average Bonchev–Trinajstić information content (AvgIpc) is 2.23. The summed E-state index contributed by atoms with van der Waals surface area (Å²) >= 11 is 0. The molecule has 3 heteroatoms. The van der Waals surface area contributed by atoms with Gasteiger partial charge in [0.1, 0.15) is 6.29 Å². The van der Waals surface area contributed by atoms with Gasteiger partial charge in [0.2, 0.25) is 0 Å². The molecule has 1 aliphatic rings. The minimum absolute atomic E-state index is 0.180. The molecule has 0 heterocycles. The molecule has 18 heavy (non-hydrogen) atoms. The van der Waals surface area contributed by atoms with Crippen molar-refractivity contribution in [3.05, 3.63) is 0 Å². The van der Waals surface area contributed by atoms with Crippen LogP contribution in [0.2, 0.25) is 0 Å². The van der Waals surface area contributed by atoms with Gasteiger partial charge in [0, 0.05) is 24.0 Å². The predicted molar refractivity (Wildman–Crippen MR) is 76.8 cm³/mol. The summed E-state index contributed by atoms with van der Waals surface area (Å²) in [6.07, 6.45) is 7.12. The summed E-state index contributed by atoms with van der Waals surface area (Å²) in [6.45, 7) is 6.19. The maximum absolute atomic E-state index is 11.3. The van der Waals surface area contributed by atoms with E-state index in [1.807, 2.05) is 0 Å².